The van der Waals surface area contributed by atoms with E-state index in [4.69, 9.17) is 17.3 Å². The SMILES string of the molecule is CCC1CC1(CN)Sc1cccc(Cl)c1. The third-order valence-corrected chi connectivity index (χ3v) is 4.93. The molecule has 0 saturated heterocycles. The molecule has 0 radical (unpaired) electrons. The zero-order valence-corrected chi connectivity index (χ0v) is 10.4. The molecule has 0 aliphatic heterocycles. The van der Waals surface area contributed by atoms with Gasteiger partial charge in [0.1, 0.15) is 0 Å². The molecule has 0 aromatic heterocycles. The van der Waals surface area contributed by atoms with Gasteiger partial charge in [-0.25, -0.2) is 0 Å². The van der Waals surface area contributed by atoms with Crippen LogP contribution in [0.4, 0.5) is 0 Å². The molecule has 2 unspecified atom stereocenters. The molecule has 1 aromatic rings. The van der Waals surface area contributed by atoms with Gasteiger partial charge in [-0.1, -0.05) is 31.0 Å². The Labute approximate surface area is 100 Å². The van der Waals surface area contributed by atoms with Gasteiger partial charge >= 0.3 is 0 Å². The van der Waals surface area contributed by atoms with Crippen LogP contribution in [0.5, 0.6) is 0 Å². The molecule has 3 heteroatoms. The Morgan fingerprint density at radius 1 is 1.60 bits per heavy atom. The Morgan fingerprint density at radius 2 is 2.40 bits per heavy atom. The van der Waals surface area contributed by atoms with Crippen LogP contribution >= 0.6 is 23.4 Å². The van der Waals surface area contributed by atoms with Gasteiger partial charge in [-0.2, -0.15) is 0 Å². The predicted molar refractivity (Wildman–Crippen MR) is 67.5 cm³/mol. The third kappa shape index (κ3) is 2.32. The lowest BCUT2D eigenvalue weighted by Gasteiger charge is -2.14. The van der Waals surface area contributed by atoms with E-state index in [1.807, 2.05) is 30.0 Å². The summed E-state index contributed by atoms with van der Waals surface area (Å²) < 4.78 is 0.291. The summed E-state index contributed by atoms with van der Waals surface area (Å²) >= 11 is 7.86. The van der Waals surface area contributed by atoms with Gasteiger partial charge < -0.3 is 5.73 Å². The van der Waals surface area contributed by atoms with Crippen LogP contribution in [-0.4, -0.2) is 11.3 Å². The number of halogens is 1. The number of hydrogen-bond acceptors (Lipinski definition) is 2. The van der Waals surface area contributed by atoms with Crippen LogP contribution < -0.4 is 5.73 Å². The second kappa shape index (κ2) is 4.36. The first kappa shape index (κ1) is 11.3. The van der Waals surface area contributed by atoms with E-state index in [9.17, 15) is 0 Å². The van der Waals surface area contributed by atoms with Crippen molar-refractivity contribution in [3.05, 3.63) is 29.3 Å². The lowest BCUT2D eigenvalue weighted by atomic mass is 10.2. The summed E-state index contributed by atoms with van der Waals surface area (Å²) in [5, 5.41) is 0.806. The molecular weight excluding hydrogens is 226 g/mol. The molecule has 0 heterocycles. The Morgan fingerprint density at radius 3 is 2.93 bits per heavy atom. The van der Waals surface area contributed by atoms with Gasteiger partial charge in [0.25, 0.3) is 0 Å². The summed E-state index contributed by atoms with van der Waals surface area (Å²) in [6.07, 6.45) is 2.47. The van der Waals surface area contributed by atoms with E-state index in [2.05, 4.69) is 13.0 Å². The number of nitrogens with two attached hydrogens (primary N) is 1. The van der Waals surface area contributed by atoms with Crippen molar-refractivity contribution in [2.45, 2.75) is 29.4 Å². The average molecular weight is 242 g/mol. The molecule has 1 nitrogen and oxygen atoms in total. The molecule has 1 saturated carbocycles. The van der Waals surface area contributed by atoms with E-state index in [1.54, 1.807) is 0 Å². The summed E-state index contributed by atoms with van der Waals surface area (Å²) in [6, 6.07) is 8.04. The maximum atomic E-state index is 5.96. The highest BCUT2D eigenvalue weighted by Crippen LogP contribution is 2.57. The third-order valence-electron chi connectivity index (χ3n) is 3.13. The van der Waals surface area contributed by atoms with E-state index < -0.39 is 0 Å². The zero-order chi connectivity index (χ0) is 10.9. The van der Waals surface area contributed by atoms with Crippen molar-refractivity contribution in [1.82, 2.24) is 0 Å². The topological polar surface area (TPSA) is 26.0 Å². The van der Waals surface area contributed by atoms with Crippen molar-refractivity contribution in [1.29, 1.82) is 0 Å². The van der Waals surface area contributed by atoms with Crippen LogP contribution in [0.2, 0.25) is 5.02 Å². The normalized spacial score (nSPS) is 29.1. The van der Waals surface area contributed by atoms with Gasteiger partial charge in [-0.05, 0) is 30.5 Å². The first-order valence-electron chi connectivity index (χ1n) is 5.35. The smallest absolute Gasteiger partial charge is 0.0417 e. The second-order valence-corrected chi connectivity index (χ2v) is 6.06. The van der Waals surface area contributed by atoms with E-state index in [0.717, 1.165) is 17.5 Å². The van der Waals surface area contributed by atoms with E-state index in [0.29, 0.717) is 4.75 Å². The summed E-state index contributed by atoms with van der Waals surface area (Å²) in [5.41, 5.74) is 5.87. The molecule has 0 amide bonds. The fourth-order valence-corrected chi connectivity index (χ4v) is 3.81. The molecule has 1 aromatic carbocycles. The summed E-state index contributed by atoms with van der Waals surface area (Å²) in [6.45, 7) is 3.00. The summed E-state index contributed by atoms with van der Waals surface area (Å²) in [5.74, 6) is 0.784. The monoisotopic (exact) mass is 241 g/mol. The predicted octanol–water partition coefficient (Wildman–Crippen LogP) is 3.56. The van der Waals surface area contributed by atoms with Crippen molar-refractivity contribution in [2.75, 3.05) is 6.54 Å². The Kier molecular flexibility index (Phi) is 3.29. The minimum absolute atomic E-state index is 0.291. The molecule has 0 bridgehead atoms. The highest BCUT2D eigenvalue weighted by Gasteiger charge is 2.52. The van der Waals surface area contributed by atoms with Crippen LogP contribution in [0.3, 0.4) is 0 Å². The maximum absolute atomic E-state index is 5.96. The number of hydrogen-bond donors (Lipinski definition) is 1. The van der Waals surface area contributed by atoms with Gasteiger partial charge in [0.15, 0.2) is 0 Å². The van der Waals surface area contributed by atoms with Crippen LogP contribution in [0.15, 0.2) is 29.2 Å². The molecule has 2 N–H and O–H groups in total. The highest BCUT2D eigenvalue weighted by molar-refractivity contribution is 8.01. The van der Waals surface area contributed by atoms with E-state index >= 15 is 0 Å². The number of benzene rings is 1. The summed E-state index contributed by atoms with van der Waals surface area (Å²) in [7, 11) is 0. The summed E-state index contributed by atoms with van der Waals surface area (Å²) in [4.78, 5) is 1.24. The van der Waals surface area contributed by atoms with Gasteiger partial charge in [-0.15, -0.1) is 11.8 Å². The first-order valence-corrected chi connectivity index (χ1v) is 6.54. The second-order valence-electron chi connectivity index (χ2n) is 4.14. The van der Waals surface area contributed by atoms with Crippen LogP contribution in [-0.2, 0) is 0 Å². The Bertz CT molecular complexity index is 355. The van der Waals surface area contributed by atoms with Crippen molar-refractivity contribution in [3.63, 3.8) is 0 Å². The van der Waals surface area contributed by atoms with Crippen molar-refractivity contribution >= 4 is 23.4 Å². The maximum Gasteiger partial charge on any atom is 0.0417 e. The molecule has 82 valence electrons. The molecular formula is C12H16ClNS. The van der Waals surface area contributed by atoms with Crippen molar-refractivity contribution < 1.29 is 0 Å². The molecule has 1 aliphatic rings. The quantitative estimate of drug-likeness (QED) is 0.873. The average Bonchev–Trinajstić information content (AvgIpc) is 2.92. The van der Waals surface area contributed by atoms with Crippen molar-refractivity contribution in [3.8, 4) is 0 Å². The Balaban J connectivity index is 2.08. The molecule has 2 rings (SSSR count). The first-order chi connectivity index (χ1) is 7.20. The highest BCUT2D eigenvalue weighted by atomic mass is 35.5. The molecule has 0 spiro atoms. The van der Waals surface area contributed by atoms with Gasteiger partial charge in [0.05, 0.1) is 0 Å². The minimum atomic E-state index is 0.291. The van der Waals surface area contributed by atoms with Crippen LogP contribution in [0.1, 0.15) is 19.8 Å². The minimum Gasteiger partial charge on any atom is -0.329 e. The lowest BCUT2D eigenvalue weighted by Crippen LogP contribution is -2.20. The standard InChI is InChI=1S/C12H16ClNS/c1-2-9-7-12(9,8-14)15-11-5-3-4-10(13)6-11/h3-6,9H,2,7-8,14H2,1H3. The van der Waals surface area contributed by atoms with Gasteiger partial charge in [0.2, 0.25) is 0 Å². The van der Waals surface area contributed by atoms with Crippen LogP contribution in [0, 0.1) is 5.92 Å². The molecule has 15 heavy (non-hydrogen) atoms. The number of rotatable bonds is 4. The fourth-order valence-electron chi connectivity index (χ4n) is 2.06. The molecule has 2 atom stereocenters. The van der Waals surface area contributed by atoms with Crippen LogP contribution in [0.25, 0.3) is 0 Å². The number of thioether (sulfide) groups is 1. The molecule has 1 aliphatic carbocycles. The lowest BCUT2D eigenvalue weighted by molar-refractivity contribution is 0.718. The van der Waals surface area contributed by atoms with Gasteiger partial charge in [-0.3, -0.25) is 0 Å². The van der Waals surface area contributed by atoms with E-state index in [1.165, 1.54) is 17.7 Å². The van der Waals surface area contributed by atoms with E-state index in [-0.39, 0.29) is 0 Å². The van der Waals surface area contributed by atoms with Gasteiger partial charge in [0, 0.05) is 21.2 Å². The van der Waals surface area contributed by atoms with Crippen molar-refractivity contribution in [2.24, 2.45) is 11.7 Å². The fraction of sp³-hybridized carbons (Fsp3) is 0.500. The molecule has 1 fully saturated rings. The largest absolute Gasteiger partial charge is 0.329 e. The zero-order valence-electron chi connectivity index (χ0n) is 8.87. The Hall–Kier alpha value is -0.180.